The lowest BCUT2D eigenvalue weighted by atomic mass is 10.0. The van der Waals surface area contributed by atoms with Crippen molar-refractivity contribution in [1.82, 2.24) is 4.98 Å². The second-order valence-corrected chi connectivity index (χ2v) is 9.35. The van der Waals surface area contributed by atoms with Gasteiger partial charge in [-0.2, -0.15) is 13.2 Å². The number of halogens is 3. The molecule has 3 rings (SSSR count). The zero-order valence-electron chi connectivity index (χ0n) is 16.6. The Morgan fingerprint density at radius 2 is 1.81 bits per heavy atom. The summed E-state index contributed by atoms with van der Waals surface area (Å²) in [5, 5.41) is 7.98. The highest BCUT2D eigenvalue weighted by Gasteiger charge is 2.47. The topological polar surface area (TPSA) is 103 Å². The van der Waals surface area contributed by atoms with E-state index in [-0.39, 0.29) is 24.3 Å². The number of rotatable bonds is 6. The number of hydrogen-bond acceptors (Lipinski definition) is 6. The number of ether oxygens (including phenoxy) is 2. The Morgan fingerprint density at radius 3 is 2.29 bits per heavy atom. The molecule has 1 heterocycles. The molecule has 1 fully saturated rings. The molecule has 0 aliphatic heterocycles. The molecule has 1 aliphatic carbocycles. The van der Waals surface area contributed by atoms with Crippen molar-refractivity contribution in [1.29, 1.82) is 0 Å². The molecule has 31 heavy (non-hydrogen) atoms. The number of pyridine rings is 1. The number of benzene rings is 1. The van der Waals surface area contributed by atoms with Crippen LogP contribution in [0.4, 0.5) is 13.2 Å². The molecule has 3 atom stereocenters. The summed E-state index contributed by atoms with van der Waals surface area (Å²) in [6.07, 6.45) is -5.03. The van der Waals surface area contributed by atoms with Crippen molar-refractivity contribution in [2.45, 2.75) is 35.3 Å². The van der Waals surface area contributed by atoms with Crippen molar-refractivity contribution in [2.75, 3.05) is 14.2 Å². The van der Waals surface area contributed by atoms with Gasteiger partial charge in [-0.25, -0.2) is 13.4 Å². The number of nitrogens with zero attached hydrogens (tertiary/aromatic N) is 1. The lowest BCUT2D eigenvalue weighted by molar-refractivity contribution is -0.145. The quantitative estimate of drug-likeness (QED) is 0.706. The molecule has 168 valence electrons. The minimum absolute atomic E-state index is 0.131. The maximum atomic E-state index is 13.8. The van der Waals surface area contributed by atoms with E-state index in [4.69, 9.17) is 9.47 Å². The van der Waals surface area contributed by atoms with Gasteiger partial charge in [-0.05, 0) is 36.6 Å². The SMILES string of the molecule is COc1ccc(-c2ccc(S(=O)(=O)[C@@H]3C[C@H](OC)[C@@H](C(=O)O)C3)c(C(F)(F)F)c2)cn1. The first-order chi connectivity index (χ1) is 14.5. The second kappa shape index (κ2) is 8.46. The number of aliphatic carboxylic acids is 1. The van der Waals surface area contributed by atoms with Crippen molar-refractivity contribution >= 4 is 15.8 Å². The fraction of sp³-hybridized carbons (Fsp3) is 0.400. The van der Waals surface area contributed by atoms with Crippen LogP contribution >= 0.6 is 0 Å². The molecular weight excluding hydrogens is 439 g/mol. The molecule has 0 amide bonds. The summed E-state index contributed by atoms with van der Waals surface area (Å²) in [6, 6.07) is 5.92. The van der Waals surface area contributed by atoms with Gasteiger partial charge in [-0.1, -0.05) is 6.07 Å². The molecule has 1 N–H and O–H groups in total. The van der Waals surface area contributed by atoms with E-state index in [1.165, 1.54) is 38.6 Å². The third kappa shape index (κ3) is 4.52. The average molecular weight is 459 g/mol. The molecule has 0 bridgehead atoms. The number of alkyl halides is 3. The van der Waals surface area contributed by atoms with E-state index in [2.05, 4.69) is 4.98 Å². The Kier molecular flexibility index (Phi) is 6.28. The fourth-order valence-corrected chi connectivity index (χ4v) is 5.76. The standard InChI is InChI=1S/C20H20F3NO6S/c1-29-16-9-13(8-14(16)19(25)26)31(27,28)17-5-3-11(7-15(17)20(21,22)23)12-4-6-18(30-2)24-10-12/h3-7,10,13-14,16H,8-9H2,1-2H3,(H,25,26)/t13-,14-,16-/m0/s1. The Hall–Kier alpha value is -2.66. The summed E-state index contributed by atoms with van der Waals surface area (Å²) in [5.41, 5.74) is -0.832. The predicted molar refractivity (Wildman–Crippen MR) is 103 cm³/mol. The van der Waals surface area contributed by atoms with Crippen molar-refractivity contribution in [2.24, 2.45) is 5.92 Å². The summed E-state index contributed by atoms with van der Waals surface area (Å²) in [4.78, 5) is 14.5. The molecule has 1 aromatic heterocycles. The minimum atomic E-state index is -4.94. The average Bonchev–Trinajstić information content (AvgIpc) is 3.18. The third-order valence-corrected chi connectivity index (χ3v) is 7.62. The zero-order chi connectivity index (χ0) is 23.0. The van der Waals surface area contributed by atoms with Crippen LogP contribution in [0.25, 0.3) is 11.1 Å². The molecule has 0 unspecified atom stereocenters. The minimum Gasteiger partial charge on any atom is -0.481 e. The monoisotopic (exact) mass is 459 g/mol. The second-order valence-electron chi connectivity index (χ2n) is 7.16. The summed E-state index contributed by atoms with van der Waals surface area (Å²) in [5.74, 6) is -2.08. The van der Waals surface area contributed by atoms with E-state index in [9.17, 15) is 31.5 Å². The summed E-state index contributed by atoms with van der Waals surface area (Å²) in [7, 11) is -1.83. The number of carbonyl (C=O) groups is 1. The van der Waals surface area contributed by atoms with Gasteiger partial charge in [0, 0.05) is 24.9 Å². The van der Waals surface area contributed by atoms with Crippen molar-refractivity contribution < 1.29 is 41.0 Å². The highest BCUT2D eigenvalue weighted by molar-refractivity contribution is 7.92. The molecule has 7 nitrogen and oxygen atoms in total. The van der Waals surface area contributed by atoms with Gasteiger partial charge in [0.05, 0.1) is 34.8 Å². The Balaban J connectivity index is 2.04. The molecule has 1 aliphatic rings. The van der Waals surface area contributed by atoms with E-state index < -0.39 is 49.7 Å². The molecule has 0 radical (unpaired) electrons. The number of sulfone groups is 1. The van der Waals surface area contributed by atoms with E-state index in [0.717, 1.165) is 12.1 Å². The largest absolute Gasteiger partial charge is 0.481 e. The van der Waals surface area contributed by atoms with Crippen LogP contribution in [0.15, 0.2) is 41.4 Å². The van der Waals surface area contributed by atoms with Gasteiger partial charge in [0.1, 0.15) is 0 Å². The first-order valence-corrected chi connectivity index (χ1v) is 10.7. The van der Waals surface area contributed by atoms with E-state index in [1.807, 2.05) is 0 Å². The van der Waals surface area contributed by atoms with Crippen LogP contribution in [-0.4, -0.2) is 50.1 Å². The molecule has 1 saturated carbocycles. The van der Waals surface area contributed by atoms with Gasteiger partial charge in [-0.15, -0.1) is 0 Å². The summed E-state index contributed by atoms with van der Waals surface area (Å²) < 4.78 is 77.6. The maximum Gasteiger partial charge on any atom is 0.417 e. The number of carboxylic acid groups (broad SMARTS) is 1. The van der Waals surface area contributed by atoms with Gasteiger partial charge in [0.25, 0.3) is 0 Å². The van der Waals surface area contributed by atoms with Crippen LogP contribution < -0.4 is 4.74 Å². The Morgan fingerprint density at radius 1 is 1.13 bits per heavy atom. The molecule has 0 spiro atoms. The van der Waals surface area contributed by atoms with Gasteiger partial charge in [0.15, 0.2) is 9.84 Å². The van der Waals surface area contributed by atoms with Crippen LogP contribution in [0.3, 0.4) is 0 Å². The van der Waals surface area contributed by atoms with Crippen LogP contribution in [-0.2, 0) is 25.5 Å². The van der Waals surface area contributed by atoms with E-state index in [1.54, 1.807) is 0 Å². The van der Waals surface area contributed by atoms with Crippen molar-refractivity contribution in [3.8, 4) is 17.0 Å². The lowest BCUT2D eigenvalue weighted by Crippen LogP contribution is -2.24. The molecule has 11 heteroatoms. The Labute approximate surface area is 176 Å². The lowest BCUT2D eigenvalue weighted by Gasteiger charge is -2.18. The van der Waals surface area contributed by atoms with Gasteiger partial charge >= 0.3 is 12.1 Å². The van der Waals surface area contributed by atoms with Gasteiger partial charge < -0.3 is 14.6 Å². The first-order valence-electron chi connectivity index (χ1n) is 9.20. The number of methoxy groups -OCH3 is 2. The predicted octanol–water partition coefficient (Wildman–Crippen LogP) is 3.43. The molecule has 2 aromatic rings. The van der Waals surface area contributed by atoms with Crippen LogP contribution in [0.1, 0.15) is 18.4 Å². The number of carboxylic acids is 1. The number of aromatic nitrogens is 1. The molecular formula is C20H20F3NO6S. The third-order valence-electron chi connectivity index (χ3n) is 5.39. The van der Waals surface area contributed by atoms with Crippen LogP contribution in [0.2, 0.25) is 0 Å². The summed E-state index contributed by atoms with van der Waals surface area (Å²) in [6.45, 7) is 0. The maximum absolute atomic E-state index is 13.8. The van der Waals surface area contributed by atoms with Crippen LogP contribution in [0.5, 0.6) is 5.88 Å². The van der Waals surface area contributed by atoms with Crippen molar-refractivity contribution in [3.05, 3.63) is 42.1 Å². The molecule has 0 saturated heterocycles. The zero-order valence-corrected chi connectivity index (χ0v) is 17.4. The normalized spacial score (nSPS) is 21.8. The Bertz CT molecular complexity index is 1070. The summed E-state index contributed by atoms with van der Waals surface area (Å²) >= 11 is 0. The molecule has 1 aromatic carbocycles. The van der Waals surface area contributed by atoms with Gasteiger partial charge in [-0.3, -0.25) is 4.79 Å². The number of hydrogen-bond donors (Lipinski definition) is 1. The van der Waals surface area contributed by atoms with Gasteiger partial charge in [0.2, 0.25) is 5.88 Å². The van der Waals surface area contributed by atoms with Crippen LogP contribution in [0, 0.1) is 5.92 Å². The van der Waals surface area contributed by atoms with Crippen molar-refractivity contribution in [3.63, 3.8) is 0 Å². The van der Waals surface area contributed by atoms with E-state index >= 15 is 0 Å². The first kappa shape index (κ1) is 23.0. The smallest absolute Gasteiger partial charge is 0.417 e. The van der Waals surface area contributed by atoms with E-state index in [0.29, 0.717) is 5.56 Å². The highest BCUT2D eigenvalue weighted by Crippen LogP contribution is 2.42. The highest BCUT2D eigenvalue weighted by atomic mass is 32.2. The fourth-order valence-electron chi connectivity index (χ4n) is 3.76.